The summed E-state index contributed by atoms with van der Waals surface area (Å²) in [5.41, 5.74) is 0.902. The second-order valence-electron chi connectivity index (χ2n) is 3.92. The SMILES string of the molecule is Cc1cnc(=O)n(CCC2CNC2)c1. The molecule has 0 saturated carbocycles. The van der Waals surface area contributed by atoms with Crippen LogP contribution < -0.4 is 11.0 Å². The van der Waals surface area contributed by atoms with E-state index in [0.717, 1.165) is 37.5 Å². The summed E-state index contributed by atoms with van der Waals surface area (Å²) in [6.07, 6.45) is 4.56. The summed E-state index contributed by atoms with van der Waals surface area (Å²) in [6, 6.07) is 0. The highest BCUT2D eigenvalue weighted by molar-refractivity contribution is 4.99. The second kappa shape index (κ2) is 3.92. The molecule has 14 heavy (non-hydrogen) atoms. The Kier molecular flexibility index (Phi) is 2.63. The van der Waals surface area contributed by atoms with Crippen LogP contribution in [0.15, 0.2) is 17.2 Å². The highest BCUT2D eigenvalue weighted by Crippen LogP contribution is 2.08. The van der Waals surface area contributed by atoms with Crippen LogP contribution in [-0.4, -0.2) is 22.6 Å². The quantitative estimate of drug-likeness (QED) is 0.744. The molecule has 2 heterocycles. The molecule has 0 amide bonds. The fraction of sp³-hybridized carbons (Fsp3) is 0.600. The molecule has 1 N–H and O–H groups in total. The molecule has 0 spiro atoms. The van der Waals surface area contributed by atoms with E-state index in [4.69, 9.17) is 0 Å². The van der Waals surface area contributed by atoms with Crippen molar-refractivity contribution in [3.05, 3.63) is 28.4 Å². The van der Waals surface area contributed by atoms with Crippen LogP contribution in [0.4, 0.5) is 0 Å². The highest BCUT2D eigenvalue weighted by Gasteiger charge is 2.16. The summed E-state index contributed by atoms with van der Waals surface area (Å²) >= 11 is 0. The molecule has 1 saturated heterocycles. The van der Waals surface area contributed by atoms with Crippen molar-refractivity contribution >= 4 is 0 Å². The fourth-order valence-corrected chi connectivity index (χ4v) is 1.60. The molecule has 1 aromatic rings. The van der Waals surface area contributed by atoms with Crippen molar-refractivity contribution in [2.24, 2.45) is 5.92 Å². The minimum atomic E-state index is -0.136. The van der Waals surface area contributed by atoms with Crippen molar-refractivity contribution < 1.29 is 0 Å². The van der Waals surface area contributed by atoms with E-state index in [1.807, 2.05) is 13.1 Å². The predicted molar refractivity (Wildman–Crippen MR) is 54.2 cm³/mol. The summed E-state index contributed by atoms with van der Waals surface area (Å²) in [5.74, 6) is 0.738. The Balaban J connectivity index is 2.00. The van der Waals surface area contributed by atoms with Gasteiger partial charge in [-0.15, -0.1) is 0 Å². The maximum Gasteiger partial charge on any atom is 0.347 e. The first-order chi connectivity index (χ1) is 6.75. The first kappa shape index (κ1) is 9.40. The lowest BCUT2D eigenvalue weighted by Gasteiger charge is -2.27. The maximum absolute atomic E-state index is 11.3. The Morgan fingerprint density at radius 1 is 1.64 bits per heavy atom. The topological polar surface area (TPSA) is 46.9 Å². The lowest BCUT2D eigenvalue weighted by Crippen LogP contribution is -2.42. The molecule has 1 aliphatic rings. The molecule has 2 rings (SSSR count). The van der Waals surface area contributed by atoms with Crippen LogP contribution in [0.2, 0.25) is 0 Å². The third-order valence-corrected chi connectivity index (χ3v) is 2.63. The molecule has 0 bridgehead atoms. The van der Waals surface area contributed by atoms with Crippen molar-refractivity contribution in [2.75, 3.05) is 13.1 Å². The molecule has 0 aromatic carbocycles. The summed E-state index contributed by atoms with van der Waals surface area (Å²) in [5, 5.41) is 3.22. The van der Waals surface area contributed by atoms with Crippen molar-refractivity contribution in [3.63, 3.8) is 0 Å². The van der Waals surface area contributed by atoms with Gasteiger partial charge in [-0.3, -0.25) is 4.57 Å². The second-order valence-corrected chi connectivity index (χ2v) is 3.92. The van der Waals surface area contributed by atoms with Gasteiger partial charge in [0.2, 0.25) is 0 Å². The van der Waals surface area contributed by atoms with Gasteiger partial charge in [0, 0.05) is 18.9 Å². The lowest BCUT2D eigenvalue weighted by atomic mass is 10.00. The number of hydrogen-bond acceptors (Lipinski definition) is 3. The summed E-state index contributed by atoms with van der Waals surface area (Å²) < 4.78 is 1.70. The van der Waals surface area contributed by atoms with E-state index in [2.05, 4.69) is 10.3 Å². The van der Waals surface area contributed by atoms with Gasteiger partial charge in [-0.1, -0.05) is 0 Å². The average Bonchev–Trinajstić information content (AvgIpc) is 2.08. The smallest absolute Gasteiger partial charge is 0.316 e. The van der Waals surface area contributed by atoms with Gasteiger partial charge in [-0.05, 0) is 37.9 Å². The zero-order valence-corrected chi connectivity index (χ0v) is 8.36. The van der Waals surface area contributed by atoms with E-state index in [0.29, 0.717) is 0 Å². The molecule has 0 aliphatic carbocycles. The van der Waals surface area contributed by atoms with Gasteiger partial charge < -0.3 is 5.32 Å². The van der Waals surface area contributed by atoms with Crippen molar-refractivity contribution in [1.82, 2.24) is 14.9 Å². The molecule has 4 nitrogen and oxygen atoms in total. The number of hydrogen-bond donors (Lipinski definition) is 1. The Labute approximate surface area is 83.0 Å². The molecule has 76 valence electrons. The number of aromatic nitrogens is 2. The minimum absolute atomic E-state index is 0.136. The molecule has 0 atom stereocenters. The van der Waals surface area contributed by atoms with Crippen LogP contribution in [0, 0.1) is 12.8 Å². The maximum atomic E-state index is 11.3. The van der Waals surface area contributed by atoms with E-state index >= 15 is 0 Å². The Hall–Kier alpha value is -1.16. The first-order valence-corrected chi connectivity index (χ1v) is 4.99. The van der Waals surface area contributed by atoms with Gasteiger partial charge in [0.15, 0.2) is 0 Å². The molecule has 1 aliphatic heterocycles. The third-order valence-electron chi connectivity index (χ3n) is 2.63. The zero-order valence-electron chi connectivity index (χ0n) is 8.36. The van der Waals surface area contributed by atoms with Gasteiger partial charge >= 0.3 is 5.69 Å². The largest absolute Gasteiger partial charge is 0.347 e. The van der Waals surface area contributed by atoms with Gasteiger partial charge in [-0.2, -0.15) is 0 Å². The zero-order chi connectivity index (χ0) is 9.97. The normalized spacial score (nSPS) is 16.6. The van der Waals surface area contributed by atoms with Gasteiger partial charge in [0.05, 0.1) is 0 Å². The van der Waals surface area contributed by atoms with E-state index in [1.54, 1.807) is 10.8 Å². The summed E-state index contributed by atoms with van der Waals surface area (Å²) in [7, 11) is 0. The number of aryl methyl sites for hydroxylation is 2. The monoisotopic (exact) mass is 193 g/mol. The highest BCUT2D eigenvalue weighted by atomic mass is 16.1. The van der Waals surface area contributed by atoms with Gasteiger partial charge in [0.1, 0.15) is 0 Å². The lowest BCUT2D eigenvalue weighted by molar-refractivity contribution is 0.310. The molecule has 1 aromatic heterocycles. The van der Waals surface area contributed by atoms with Gasteiger partial charge in [0.25, 0.3) is 0 Å². The Morgan fingerprint density at radius 3 is 3.07 bits per heavy atom. The van der Waals surface area contributed by atoms with Crippen LogP contribution in [0.3, 0.4) is 0 Å². The van der Waals surface area contributed by atoms with Crippen molar-refractivity contribution in [3.8, 4) is 0 Å². The number of nitrogens with zero attached hydrogens (tertiary/aromatic N) is 2. The predicted octanol–water partition coefficient (Wildman–Crippen LogP) is 0.161. The Morgan fingerprint density at radius 2 is 2.43 bits per heavy atom. The molecule has 4 heteroatoms. The number of rotatable bonds is 3. The minimum Gasteiger partial charge on any atom is -0.316 e. The van der Waals surface area contributed by atoms with Gasteiger partial charge in [-0.25, -0.2) is 9.78 Å². The molecular formula is C10H15N3O. The number of nitrogens with one attached hydrogen (secondary N) is 1. The standard InChI is InChI=1S/C10H15N3O/c1-8-4-12-10(14)13(7-8)3-2-9-5-11-6-9/h4,7,9,11H,2-3,5-6H2,1H3. The average molecular weight is 193 g/mol. The fourth-order valence-electron chi connectivity index (χ4n) is 1.60. The van der Waals surface area contributed by atoms with Crippen LogP contribution in [0.25, 0.3) is 0 Å². The summed E-state index contributed by atoms with van der Waals surface area (Å²) in [4.78, 5) is 15.1. The van der Waals surface area contributed by atoms with Crippen molar-refractivity contribution in [1.29, 1.82) is 0 Å². The summed E-state index contributed by atoms with van der Waals surface area (Å²) in [6.45, 7) is 4.93. The Bertz CT molecular complexity index is 368. The van der Waals surface area contributed by atoms with E-state index in [-0.39, 0.29) is 5.69 Å². The molecule has 0 radical (unpaired) electrons. The van der Waals surface area contributed by atoms with Crippen LogP contribution >= 0.6 is 0 Å². The molecule has 1 fully saturated rings. The van der Waals surface area contributed by atoms with Crippen LogP contribution in [0.5, 0.6) is 0 Å². The third kappa shape index (κ3) is 2.01. The van der Waals surface area contributed by atoms with E-state index in [9.17, 15) is 4.79 Å². The molecule has 0 unspecified atom stereocenters. The van der Waals surface area contributed by atoms with E-state index in [1.165, 1.54) is 0 Å². The van der Waals surface area contributed by atoms with E-state index < -0.39 is 0 Å². The first-order valence-electron chi connectivity index (χ1n) is 4.99. The van der Waals surface area contributed by atoms with Crippen LogP contribution in [0.1, 0.15) is 12.0 Å². The van der Waals surface area contributed by atoms with Crippen molar-refractivity contribution in [2.45, 2.75) is 19.9 Å². The molecular weight excluding hydrogens is 178 g/mol. The van der Waals surface area contributed by atoms with Crippen LogP contribution in [-0.2, 0) is 6.54 Å².